The fourth-order valence-electron chi connectivity index (χ4n) is 2.42. The van der Waals surface area contributed by atoms with Gasteiger partial charge in [0.25, 0.3) is 5.56 Å². The van der Waals surface area contributed by atoms with Crippen LogP contribution >= 0.6 is 11.3 Å². The fourth-order valence-corrected chi connectivity index (χ4v) is 3.15. The van der Waals surface area contributed by atoms with E-state index in [1.165, 1.54) is 34.4 Å². The molecule has 0 aliphatic heterocycles. The fraction of sp³-hybridized carbons (Fsp3) is 0.235. The first-order valence-corrected chi connectivity index (χ1v) is 8.40. The summed E-state index contributed by atoms with van der Waals surface area (Å²) in [6.07, 6.45) is 1.64. The first-order valence-electron chi connectivity index (χ1n) is 7.52. The van der Waals surface area contributed by atoms with E-state index in [0.29, 0.717) is 10.2 Å². The van der Waals surface area contributed by atoms with Crippen LogP contribution in [-0.2, 0) is 11.3 Å². The Balaban J connectivity index is 1.61. The highest BCUT2D eigenvalue weighted by Crippen LogP contribution is 2.14. The molecule has 0 saturated heterocycles. The van der Waals surface area contributed by atoms with E-state index in [1.807, 2.05) is 12.3 Å². The summed E-state index contributed by atoms with van der Waals surface area (Å²) in [5, 5.41) is 5.23. The number of halogens is 1. The lowest BCUT2D eigenvalue weighted by molar-refractivity contribution is -0.121. The number of carbonyl (C=O) groups excluding carboxylic acids is 1. The standard InChI is InChI=1S/C17H16FN3O2S/c1-11(12-2-4-13(18)5-3-12)20-15(22)6-8-21-10-19-16-14(17(21)23)7-9-24-16/h2-5,7,9-11H,6,8H2,1H3,(H,20,22)/t11-/m1/s1. The molecule has 1 atom stereocenters. The molecule has 0 bridgehead atoms. The first-order chi connectivity index (χ1) is 11.5. The molecule has 5 nitrogen and oxygen atoms in total. The molecule has 1 N–H and O–H groups in total. The number of hydrogen-bond donors (Lipinski definition) is 1. The molecular formula is C17H16FN3O2S. The molecule has 3 rings (SSSR count). The Morgan fingerprint density at radius 1 is 1.33 bits per heavy atom. The Hall–Kier alpha value is -2.54. The summed E-state index contributed by atoms with van der Waals surface area (Å²) in [5.74, 6) is -0.489. The van der Waals surface area contributed by atoms with Crippen LogP contribution in [0.4, 0.5) is 4.39 Å². The van der Waals surface area contributed by atoms with Gasteiger partial charge in [-0.15, -0.1) is 11.3 Å². The molecule has 0 aliphatic carbocycles. The van der Waals surface area contributed by atoms with Crippen molar-refractivity contribution in [3.63, 3.8) is 0 Å². The Morgan fingerprint density at radius 3 is 2.83 bits per heavy atom. The van der Waals surface area contributed by atoms with Crippen molar-refractivity contribution < 1.29 is 9.18 Å². The third kappa shape index (κ3) is 3.51. The van der Waals surface area contributed by atoms with Crippen LogP contribution in [0.1, 0.15) is 24.9 Å². The smallest absolute Gasteiger partial charge is 0.262 e. The van der Waals surface area contributed by atoms with Gasteiger partial charge in [0.15, 0.2) is 0 Å². The zero-order valence-electron chi connectivity index (χ0n) is 13.0. The van der Waals surface area contributed by atoms with Crippen LogP contribution in [0.15, 0.2) is 46.8 Å². The molecule has 0 fully saturated rings. The lowest BCUT2D eigenvalue weighted by atomic mass is 10.1. The predicted molar refractivity (Wildman–Crippen MR) is 91.5 cm³/mol. The summed E-state index contributed by atoms with van der Waals surface area (Å²) in [7, 11) is 0. The second-order valence-electron chi connectivity index (χ2n) is 5.47. The first kappa shape index (κ1) is 16.3. The van der Waals surface area contributed by atoms with E-state index in [4.69, 9.17) is 0 Å². The lowest BCUT2D eigenvalue weighted by Gasteiger charge is -2.14. The Morgan fingerprint density at radius 2 is 2.08 bits per heavy atom. The number of carbonyl (C=O) groups is 1. The molecule has 0 radical (unpaired) electrons. The van der Waals surface area contributed by atoms with Gasteiger partial charge in [-0.1, -0.05) is 12.1 Å². The topological polar surface area (TPSA) is 64.0 Å². The summed E-state index contributed by atoms with van der Waals surface area (Å²) in [6.45, 7) is 2.09. The lowest BCUT2D eigenvalue weighted by Crippen LogP contribution is -2.29. The normalized spacial score (nSPS) is 12.2. The van der Waals surface area contributed by atoms with E-state index in [1.54, 1.807) is 18.2 Å². The average molecular weight is 345 g/mol. The number of amides is 1. The number of nitrogens with zero attached hydrogens (tertiary/aromatic N) is 2. The Labute approximate surface area is 141 Å². The van der Waals surface area contributed by atoms with Crippen molar-refractivity contribution in [2.45, 2.75) is 25.9 Å². The number of benzene rings is 1. The minimum Gasteiger partial charge on any atom is -0.350 e. The van der Waals surface area contributed by atoms with Crippen molar-refractivity contribution in [2.75, 3.05) is 0 Å². The summed E-state index contributed by atoms with van der Waals surface area (Å²) in [4.78, 5) is 29.2. The monoisotopic (exact) mass is 345 g/mol. The Kier molecular flexibility index (Phi) is 4.71. The van der Waals surface area contributed by atoms with Crippen LogP contribution in [0.2, 0.25) is 0 Å². The van der Waals surface area contributed by atoms with Crippen LogP contribution in [-0.4, -0.2) is 15.5 Å². The SMILES string of the molecule is C[C@@H](NC(=O)CCn1cnc2sccc2c1=O)c1ccc(F)cc1. The maximum absolute atomic E-state index is 12.9. The van der Waals surface area contributed by atoms with E-state index < -0.39 is 0 Å². The molecule has 0 unspecified atom stereocenters. The number of fused-ring (bicyclic) bond motifs is 1. The minimum absolute atomic E-state index is 0.138. The largest absolute Gasteiger partial charge is 0.350 e. The molecule has 3 aromatic rings. The van der Waals surface area contributed by atoms with E-state index >= 15 is 0 Å². The molecule has 124 valence electrons. The molecule has 0 saturated carbocycles. The van der Waals surface area contributed by atoms with Gasteiger partial charge in [0.1, 0.15) is 10.6 Å². The van der Waals surface area contributed by atoms with Crippen molar-refractivity contribution in [3.8, 4) is 0 Å². The molecule has 1 aromatic carbocycles. The average Bonchev–Trinajstić information content (AvgIpc) is 3.04. The van der Waals surface area contributed by atoms with Crippen molar-refractivity contribution in [2.24, 2.45) is 0 Å². The zero-order chi connectivity index (χ0) is 17.1. The Bertz CT molecular complexity index is 917. The molecule has 0 spiro atoms. The van der Waals surface area contributed by atoms with E-state index in [0.717, 1.165) is 5.56 Å². The maximum atomic E-state index is 12.9. The van der Waals surface area contributed by atoms with Gasteiger partial charge in [-0.3, -0.25) is 14.2 Å². The highest BCUT2D eigenvalue weighted by atomic mass is 32.1. The third-order valence-corrected chi connectivity index (χ3v) is 4.60. The number of aromatic nitrogens is 2. The highest BCUT2D eigenvalue weighted by Gasteiger charge is 2.11. The van der Waals surface area contributed by atoms with Gasteiger partial charge in [0.05, 0.1) is 17.8 Å². The van der Waals surface area contributed by atoms with Gasteiger partial charge in [-0.25, -0.2) is 9.37 Å². The van der Waals surface area contributed by atoms with Crippen molar-refractivity contribution in [3.05, 3.63) is 63.8 Å². The summed E-state index contributed by atoms with van der Waals surface area (Å²) >= 11 is 1.41. The van der Waals surface area contributed by atoms with Crippen LogP contribution in [0.5, 0.6) is 0 Å². The van der Waals surface area contributed by atoms with Crippen LogP contribution in [0.3, 0.4) is 0 Å². The molecule has 2 heterocycles. The summed E-state index contributed by atoms with van der Waals surface area (Å²) in [5.41, 5.74) is 0.684. The summed E-state index contributed by atoms with van der Waals surface area (Å²) < 4.78 is 14.4. The number of rotatable bonds is 5. The highest BCUT2D eigenvalue weighted by molar-refractivity contribution is 7.16. The molecule has 1 amide bonds. The second-order valence-corrected chi connectivity index (χ2v) is 6.37. The van der Waals surface area contributed by atoms with Gasteiger partial charge < -0.3 is 5.32 Å². The van der Waals surface area contributed by atoms with Crippen molar-refractivity contribution in [1.82, 2.24) is 14.9 Å². The van der Waals surface area contributed by atoms with Crippen LogP contribution < -0.4 is 10.9 Å². The maximum Gasteiger partial charge on any atom is 0.262 e. The predicted octanol–water partition coefficient (Wildman–Crippen LogP) is 2.86. The van der Waals surface area contributed by atoms with Gasteiger partial charge in [0, 0.05) is 13.0 Å². The van der Waals surface area contributed by atoms with Gasteiger partial charge in [-0.05, 0) is 36.1 Å². The van der Waals surface area contributed by atoms with Crippen LogP contribution in [0.25, 0.3) is 10.2 Å². The molecule has 2 aromatic heterocycles. The van der Waals surface area contributed by atoms with Crippen molar-refractivity contribution in [1.29, 1.82) is 0 Å². The zero-order valence-corrected chi connectivity index (χ0v) is 13.8. The number of nitrogens with one attached hydrogen (secondary N) is 1. The number of thiophene rings is 1. The quantitative estimate of drug-likeness (QED) is 0.773. The number of aryl methyl sites for hydroxylation is 1. The van der Waals surface area contributed by atoms with Crippen LogP contribution in [0, 0.1) is 5.82 Å². The molecular weight excluding hydrogens is 329 g/mol. The van der Waals surface area contributed by atoms with E-state index in [2.05, 4.69) is 10.3 Å². The molecule has 24 heavy (non-hydrogen) atoms. The van der Waals surface area contributed by atoms with Gasteiger partial charge >= 0.3 is 0 Å². The molecule has 7 heteroatoms. The summed E-state index contributed by atoms with van der Waals surface area (Å²) in [6, 6.07) is 7.51. The van der Waals surface area contributed by atoms with Gasteiger partial charge in [-0.2, -0.15) is 0 Å². The van der Waals surface area contributed by atoms with Crippen molar-refractivity contribution >= 4 is 27.5 Å². The number of hydrogen-bond acceptors (Lipinski definition) is 4. The second kappa shape index (κ2) is 6.92. The van der Waals surface area contributed by atoms with E-state index in [-0.39, 0.29) is 36.3 Å². The molecule has 0 aliphatic rings. The minimum atomic E-state index is -0.312. The third-order valence-electron chi connectivity index (χ3n) is 3.78. The van der Waals surface area contributed by atoms with E-state index in [9.17, 15) is 14.0 Å². The van der Waals surface area contributed by atoms with Gasteiger partial charge in [0.2, 0.25) is 5.91 Å².